The third-order valence-corrected chi connectivity index (χ3v) is 4.04. The Morgan fingerprint density at radius 3 is 2.89 bits per heavy atom. The number of oxime groups is 1. The Bertz CT molecular complexity index is 510. The van der Waals surface area contributed by atoms with Crippen molar-refractivity contribution < 1.29 is 5.21 Å². The Labute approximate surface area is 111 Å². The molecule has 1 aromatic heterocycles. The van der Waals surface area contributed by atoms with Gasteiger partial charge in [-0.15, -0.1) is 0 Å². The topological polar surface area (TPSA) is 54.6 Å². The van der Waals surface area contributed by atoms with Gasteiger partial charge in [-0.25, -0.2) is 0 Å². The van der Waals surface area contributed by atoms with Gasteiger partial charge in [-0.1, -0.05) is 36.5 Å². The summed E-state index contributed by atoms with van der Waals surface area (Å²) in [6.45, 7) is 2.17. The zero-order valence-electron chi connectivity index (χ0n) is 10.3. The van der Waals surface area contributed by atoms with Crippen molar-refractivity contribution in [2.24, 2.45) is 11.1 Å². The molecule has 2 unspecified atom stereocenters. The average Bonchev–Trinajstić information content (AvgIpc) is 2.36. The van der Waals surface area contributed by atoms with E-state index in [1.807, 2.05) is 0 Å². The molecule has 0 aromatic carbocycles. The number of pyridine rings is 1. The van der Waals surface area contributed by atoms with E-state index < -0.39 is 0 Å². The maximum Gasteiger partial charge on any atom is 0.261 e. The maximum atomic E-state index is 12.3. The first-order valence-corrected chi connectivity index (χ1v) is 6.61. The summed E-state index contributed by atoms with van der Waals surface area (Å²) in [4.78, 5) is 12.3. The first kappa shape index (κ1) is 13.1. The summed E-state index contributed by atoms with van der Waals surface area (Å²) in [5.41, 5.74) is 0.0680. The molecule has 0 radical (unpaired) electrons. The van der Waals surface area contributed by atoms with Crippen LogP contribution in [0.2, 0.25) is 5.02 Å². The van der Waals surface area contributed by atoms with Gasteiger partial charge in [0.2, 0.25) is 0 Å². The third kappa shape index (κ3) is 2.43. The summed E-state index contributed by atoms with van der Waals surface area (Å²) in [6.07, 6.45) is 7.38. The van der Waals surface area contributed by atoms with Crippen LogP contribution in [0.3, 0.4) is 0 Å². The summed E-state index contributed by atoms with van der Waals surface area (Å²) in [5, 5.41) is 11.8. The molecule has 1 aliphatic rings. The summed E-state index contributed by atoms with van der Waals surface area (Å²) >= 11 is 5.94. The SMILES string of the molecule is CC1CCCCC1n1ccc(Cl)c(/C=N\O)c1=O. The van der Waals surface area contributed by atoms with Gasteiger partial charge in [0, 0.05) is 12.2 Å². The molecule has 1 saturated carbocycles. The van der Waals surface area contributed by atoms with E-state index in [4.69, 9.17) is 16.8 Å². The molecular weight excluding hydrogens is 252 g/mol. The zero-order chi connectivity index (χ0) is 13.1. The normalized spacial score (nSPS) is 24.6. The molecule has 1 aliphatic carbocycles. The molecule has 1 fully saturated rings. The largest absolute Gasteiger partial charge is 0.411 e. The Balaban J connectivity index is 2.45. The number of hydrogen-bond donors (Lipinski definition) is 1. The maximum absolute atomic E-state index is 12.3. The molecular formula is C13H17ClN2O2. The Hall–Kier alpha value is -1.29. The van der Waals surface area contributed by atoms with Crippen LogP contribution in [0.15, 0.2) is 22.2 Å². The van der Waals surface area contributed by atoms with Gasteiger partial charge in [0.15, 0.2) is 0 Å². The molecule has 0 spiro atoms. The highest BCUT2D eigenvalue weighted by Crippen LogP contribution is 2.32. The highest BCUT2D eigenvalue weighted by atomic mass is 35.5. The predicted molar refractivity (Wildman–Crippen MR) is 71.8 cm³/mol. The van der Waals surface area contributed by atoms with E-state index in [0.29, 0.717) is 10.9 Å². The third-order valence-electron chi connectivity index (χ3n) is 3.71. The summed E-state index contributed by atoms with van der Waals surface area (Å²) in [7, 11) is 0. The highest BCUT2D eigenvalue weighted by molar-refractivity contribution is 6.32. The summed E-state index contributed by atoms with van der Waals surface area (Å²) in [5.74, 6) is 0.483. The van der Waals surface area contributed by atoms with E-state index in [0.717, 1.165) is 25.5 Å². The van der Waals surface area contributed by atoms with Crippen LogP contribution in [-0.4, -0.2) is 16.0 Å². The second-order valence-corrected chi connectivity index (χ2v) is 5.27. The molecule has 1 N–H and O–H groups in total. The van der Waals surface area contributed by atoms with E-state index in [9.17, 15) is 4.79 Å². The van der Waals surface area contributed by atoms with Gasteiger partial charge in [-0.3, -0.25) is 4.79 Å². The quantitative estimate of drug-likeness (QED) is 0.509. The molecule has 1 heterocycles. The van der Waals surface area contributed by atoms with Crippen molar-refractivity contribution in [3.05, 3.63) is 33.2 Å². The van der Waals surface area contributed by atoms with Gasteiger partial charge in [0.1, 0.15) is 0 Å². The lowest BCUT2D eigenvalue weighted by molar-refractivity contribution is 0.252. The Kier molecular flexibility index (Phi) is 4.07. The lowest BCUT2D eigenvalue weighted by Crippen LogP contribution is -2.32. The van der Waals surface area contributed by atoms with Crippen molar-refractivity contribution in [1.29, 1.82) is 0 Å². The second kappa shape index (κ2) is 5.57. The fraction of sp³-hybridized carbons (Fsp3) is 0.538. The summed E-state index contributed by atoms with van der Waals surface area (Å²) in [6, 6.07) is 1.90. The van der Waals surface area contributed by atoms with Crippen molar-refractivity contribution in [2.45, 2.75) is 38.6 Å². The van der Waals surface area contributed by atoms with Gasteiger partial charge < -0.3 is 9.77 Å². The van der Waals surface area contributed by atoms with E-state index in [2.05, 4.69) is 12.1 Å². The van der Waals surface area contributed by atoms with Crippen LogP contribution < -0.4 is 5.56 Å². The second-order valence-electron chi connectivity index (χ2n) is 4.86. The molecule has 5 heteroatoms. The highest BCUT2D eigenvalue weighted by Gasteiger charge is 2.24. The smallest absolute Gasteiger partial charge is 0.261 e. The Morgan fingerprint density at radius 2 is 2.22 bits per heavy atom. The van der Waals surface area contributed by atoms with Crippen LogP contribution in [-0.2, 0) is 0 Å². The number of aromatic nitrogens is 1. The van der Waals surface area contributed by atoms with E-state index >= 15 is 0 Å². The first-order chi connectivity index (χ1) is 8.65. The fourth-order valence-electron chi connectivity index (χ4n) is 2.69. The molecule has 0 bridgehead atoms. The fourth-order valence-corrected chi connectivity index (χ4v) is 2.88. The van der Waals surface area contributed by atoms with E-state index in [-0.39, 0.29) is 17.2 Å². The molecule has 0 amide bonds. The number of halogens is 1. The van der Waals surface area contributed by atoms with Gasteiger partial charge >= 0.3 is 0 Å². The van der Waals surface area contributed by atoms with Crippen LogP contribution >= 0.6 is 11.6 Å². The van der Waals surface area contributed by atoms with Gasteiger partial charge in [-0.2, -0.15) is 0 Å². The van der Waals surface area contributed by atoms with E-state index in [1.54, 1.807) is 16.8 Å². The first-order valence-electron chi connectivity index (χ1n) is 6.23. The monoisotopic (exact) mass is 268 g/mol. The lowest BCUT2D eigenvalue weighted by Gasteiger charge is -2.30. The van der Waals surface area contributed by atoms with Crippen molar-refractivity contribution in [3.8, 4) is 0 Å². The van der Waals surface area contributed by atoms with Gasteiger partial charge in [0.25, 0.3) is 5.56 Å². The molecule has 1 aromatic rings. The van der Waals surface area contributed by atoms with Crippen molar-refractivity contribution >= 4 is 17.8 Å². The van der Waals surface area contributed by atoms with Crippen LogP contribution in [0.1, 0.15) is 44.2 Å². The molecule has 2 atom stereocenters. The van der Waals surface area contributed by atoms with Crippen LogP contribution in [0.25, 0.3) is 0 Å². The van der Waals surface area contributed by atoms with Gasteiger partial charge in [0.05, 0.1) is 16.8 Å². The minimum atomic E-state index is -0.181. The number of hydrogen-bond acceptors (Lipinski definition) is 3. The van der Waals surface area contributed by atoms with Crippen LogP contribution in [0.5, 0.6) is 0 Å². The zero-order valence-corrected chi connectivity index (χ0v) is 11.1. The minimum absolute atomic E-state index is 0.181. The standard InChI is InChI=1S/C13H17ClN2O2/c1-9-4-2-3-5-12(9)16-7-6-11(14)10(8-15-18)13(16)17/h6-9,12,18H,2-5H2,1H3/b15-8-. The predicted octanol–water partition coefficient (Wildman–Crippen LogP) is 3.06. The van der Waals surface area contributed by atoms with Crippen molar-refractivity contribution in [2.75, 3.05) is 0 Å². The van der Waals surface area contributed by atoms with Gasteiger partial charge in [-0.05, 0) is 24.8 Å². The minimum Gasteiger partial charge on any atom is -0.411 e. The van der Waals surface area contributed by atoms with Crippen molar-refractivity contribution in [3.63, 3.8) is 0 Å². The number of rotatable bonds is 2. The molecule has 0 aliphatic heterocycles. The average molecular weight is 269 g/mol. The van der Waals surface area contributed by atoms with Crippen LogP contribution in [0, 0.1) is 5.92 Å². The van der Waals surface area contributed by atoms with E-state index in [1.165, 1.54) is 6.42 Å². The summed E-state index contributed by atoms with van der Waals surface area (Å²) < 4.78 is 1.73. The Morgan fingerprint density at radius 1 is 1.50 bits per heavy atom. The molecule has 0 saturated heterocycles. The number of nitrogens with zero attached hydrogens (tertiary/aromatic N) is 2. The molecule has 18 heavy (non-hydrogen) atoms. The molecule has 2 rings (SSSR count). The van der Waals surface area contributed by atoms with Crippen molar-refractivity contribution in [1.82, 2.24) is 4.57 Å². The van der Waals surface area contributed by atoms with Crippen LogP contribution in [0.4, 0.5) is 0 Å². The molecule has 98 valence electrons. The lowest BCUT2D eigenvalue weighted by atomic mass is 9.85. The molecule has 4 nitrogen and oxygen atoms in total.